The first-order valence-corrected chi connectivity index (χ1v) is 6.87. The van der Waals surface area contributed by atoms with Crippen molar-refractivity contribution in [1.29, 1.82) is 0 Å². The molecular formula is C17H16N2O4. The molecule has 0 fully saturated rings. The molecule has 0 saturated heterocycles. The van der Waals surface area contributed by atoms with E-state index in [1.807, 2.05) is 18.2 Å². The highest BCUT2D eigenvalue weighted by molar-refractivity contribution is 5.92. The highest BCUT2D eigenvalue weighted by atomic mass is 16.5. The Labute approximate surface area is 133 Å². The number of anilines is 1. The minimum Gasteiger partial charge on any atom is -0.484 e. The first-order valence-electron chi connectivity index (χ1n) is 6.87. The summed E-state index contributed by atoms with van der Waals surface area (Å²) in [7, 11) is 0. The van der Waals surface area contributed by atoms with Crippen molar-refractivity contribution in [3.8, 4) is 5.75 Å². The summed E-state index contributed by atoms with van der Waals surface area (Å²) in [6, 6.07) is 15.9. The standard InChI is InChI=1S/C17H16N2O4/c20-16(19-22)11-8-13-6-9-15(10-7-13)23-12-17(21)18-14-4-2-1-3-5-14/h1-11,22H,12H2,(H,18,21)(H,19,20)/b11-8+. The quantitative estimate of drug-likeness (QED) is 0.433. The maximum absolute atomic E-state index is 11.7. The van der Waals surface area contributed by atoms with E-state index in [0.717, 1.165) is 5.56 Å². The lowest BCUT2D eigenvalue weighted by atomic mass is 10.2. The number of benzene rings is 2. The van der Waals surface area contributed by atoms with Crippen molar-refractivity contribution >= 4 is 23.6 Å². The van der Waals surface area contributed by atoms with Crippen molar-refractivity contribution in [2.24, 2.45) is 0 Å². The molecule has 0 radical (unpaired) electrons. The smallest absolute Gasteiger partial charge is 0.267 e. The van der Waals surface area contributed by atoms with Crippen molar-refractivity contribution < 1.29 is 19.5 Å². The highest BCUT2D eigenvalue weighted by Gasteiger charge is 2.03. The Morgan fingerprint density at radius 3 is 2.39 bits per heavy atom. The Morgan fingerprint density at radius 1 is 1.04 bits per heavy atom. The largest absolute Gasteiger partial charge is 0.484 e. The number of rotatable bonds is 6. The summed E-state index contributed by atoms with van der Waals surface area (Å²) in [5.41, 5.74) is 2.98. The van der Waals surface area contributed by atoms with Crippen LogP contribution in [0.15, 0.2) is 60.7 Å². The molecule has 0 aliphatic rings. The number of ether oxygens (including phenoxy) is 1. The molecule has 0 bridgehead atoms. The van der Waals surface area contributed by atoms with Gasteiger partial charge in [-0.1, -0.05) is 30.3 Å². The summed E-state index contributed by atoms with van der Waals surface area (Å²) in [6.45, 7) is -0.100. The van der Waals surface area contributed by atoms with Crippen LogP contribution >= 0.6 is 0 Å². The number of carbonyl (C=O) groups excluding carboxylic acids is 2. The molecule has 0 aliphatic carbocycles. The van der Waals surface area contributed by atoms with Crippen molar-refractivity contribution in [2.75, 3.05) is 11.9 Å². The first-order chi connectivity index (χ1) is 11.2. The van der Waals surface area contributed by atoms with Gasteiger partial charge >= 0.3 is 0 Å². The molecule has 0 aliphatic heterocycles. The summed E-state index contributed by atoms with van der Waals surface area (Å²) in [6.07, 6.45) is 2.74. The third kappa shape index (κ3) is 5.64. The zero-order valence-corrected chi connectivity index (χ0v) is 12.2. The summed E-state index contributed by atoms with van der Waals surface area (Å²) in [5.74, 6) is -0.320. The van der Waals surface area contributed by atoms with Crippen LogP contribution in [-0.4, -0.2) is 23.6 Å². The van der Waals surface area contributed by atoms with Gasteiger partial charge in [0.15, 0.2) is 6.61 Å². The van der Waals surface area contributed by atoms with Gasteiger partial charge < -0.3 is 10.1 Å². The summed E-state index contributed by atoms with van der Waals surface area (Å²) in [5, 5.41) is 11.1. The van der Waals surface area contributed by atoms with E-state index in [1.165, 1.54) is 17.6 Å². The van der Waals surface area contributed by atoms with Gasteiger partial charge in [0, 0.05) is 11.8 Å². The van der Waals surface area contributed by atoms with Crippen LogP contribution in [0.5, 0.6) is 5.75 Å². The highest BCUT2D eigenvalue weighted by Crippen LogP contribution is 2.13. The lowest BCUT2D eigenvalue weighted by molar-refractivity contribution is -0.124. The summed E-state index contributed by atoms with van der Waals surface area (Å²) >= 11 is 0. The van der Waals surface area contributed by atoms with Crippen LogP contribution in [0.2, 0.25) is 0 Å². The van der Waals surface area contributed by atoms with E-state index in [2.05, 4.69) is 5.32 Å². The minimum atomic E-state index is -0.608. The van der Waals surface area contributed by atoms with Gasteiger partial charge in [-0.15, -0.1) is 0 Å². The van der Waals surface area contributed by atoms with Gasteiger partial charge in [-0.3, -0.25) is 14.8 Å². The topological polar surface area (TPSA) is 87.7 Å². The second-order valence-corrected chi connectivity index (χ2v) is 4.58. The third-order valence-electron chi connectivity index (χ3n) is 2.84. The number of carbonyl (C=O) groups is 2. The monoisotopic (exact) mass is 312 g/mol. The van der Waals surface area contributed by atoms with Gasteiger partial charge in [-0.05, 0) is 35.9 Å². The molecule has 23 heavy (non-hydrogen) atoms. The number of hydrogen-bond acceptors (Lipinski definition) is 4. The molecule has 0 saturated carbocycles. The van der Waals surface area contributed by atoms with E-state index in [9.17, 15) is 9.59 Å². The van der Waals surface area contributed by atoms with Crippen LogP contribution < -0.4 is 15.5 Å². The van der Waals surface area contributed by atoms with Crippen molar-refractivity contribution in [2.45, 2.75) is 0 Å². The van der Waals surface area contributed by atoms with Crippen LogP contribution in [0.25, 0.3) is 6.08 Å². The predicted molar refractivity (Wildman–Crippen MR) is 86.0 cm³/mol. The van der Waals surface area contributed by atoms with E-state index in [1.54, 1.807) is 36.4 Å². The second kappa shape index (κ2) is 8.35. The molecule has 0 atom stereocenters. The normalized spacial score (nSPS) is 10.3. The molecule has 0 spiro atoms. The van der Waals surface area contributed by atoms with Gasteiger partial charge in [0.25, 0.3) is 11.8 Å². The molecule has 6 heteroatoms. The van der Waals surface area contributed by atoms with E-state index in [-0.39, 0.29) is 12.5 Å². The van der Waals surface area contributed by atoms with E-state index in [4.69, 9.17) is 9.94 Å². The number of hydrogen-bond donors (Lipinski definition) is 3. The zero-order chi connectivity index (χ0) is 16.5. The van der Waals surface area contributed by atoms with Gasteiger partial charge in [0.2, 0.25) is 0 Å². The number of para-hydroxylation sites is 1. The van der Waals surface area contributed by atoms with Gasteiger partial charge in [0.05, 0.1) is 0 Å². The molecule has 2 aromatic rings. The average Bonchev–Trinajstić information content (AvgIpc) is 2.59. The van der Waals surface area contributed by atoms with Crippen molar-refractivity contribution in [3.05, 3.63) is 66.2 Å². The van der Waals surface area contributed by atoms with Crippen LogP contribution in [0.4, 0.5) is 5.69 Å². The molecule has 0 unspecified atom stereocenters. The summed E-state index contributed by atoms with van der Waals surface area (Å²) in [4.78, 5) is 22.6. The van der Waals surface area contributed by atoms with Crippen LogP contribution in [0.1, 0.15) is 5.56 Å². The van der Waals surface area contributed by atoms with Crippen LogP contribution in [-0.2, 0) is 9.59 Å². The average molecular weight is 312 g/mol. The number of amides is 2. The third-order valence-corrected chi connectivity index (χ3v) is 2.84. The van der Waals surface area contributed by atoms with Gasteiger partial charge in [-0.25, -0.2) is 5.48 Å². The van der Waals surface area contributed by atoms with Crippen LogP contribution in [0, 0.1) is 0 Å². The Kier molecular flexibility index (Phi) is 5.90. The van der Waals surface area contributed by atoms with Crippen LogP contribution in [0.3, 0.4) is 0 Å². The van der Waals surface area contributed by atoms with Crippen molar-refractivity contribution in [1.82, 2.24) is 5.48 Å². The molecule has 0 aromatic heterocycles. The fourth-order valence-electron chi connectivity index (χ4n) is 1.75. The predicted octanol–water partition coefficient (Wildman–Crippen LogP) is 2.22. The Bertz CT molecular complexity index is 681. The fourth-order valence-corrected chi connectivity index (χ4v) is 1.75. The second-order valence-electron chi connectivity index (χ2n) is 4.58. The Balaban J connectivity index is 1.83. The Hall–Kier alpha value is -3.12. The number of nitrogens with one attached hydrogen (secondary N) is 2. The molecule has 118 valence electrons. The molecule has 0 heterocycles. The number of hydroxylamine groups is 1. The fraction of sp³-hybridized carbons (Fsp3) is 0.0588. The SMILES string of the molecule is O=C(/C=C/c1ccc(OCC(=O)Nc2ccccc2)cc1)NO. The molecule has 2 amide bonds. The lowest BCUT2D eigenvalue weighted by Crippen LogP contribution is -2.20. The molecule has 6 nitrogen and oxygen atoms in total. The zero-order valence-electron chi connectivity index (χ0n) is 12.2. The molecule has 3 N–H and O–H groups in total. The maximum Gasteiger partial charge on any atom is 0.267 e. The molecule has 2 rings (SSSR count). The van der Waals surface area contributed by atoms with E-state index >= 15 is 0 Å². The maximum atomic E-state index is 11.7. The first kappa shape index (κ1) is 16.3. The summed E-state index contributed by atoms with van der Waals surface area (Å²) < 4.78 is 5.39. The Morgan fingerprint density at radius 2 is 1.74 bits per heavy atom. The minimum absolute atomic E-state index is 0.100. The molecular weight excluding hydrogens is 296 g/mol. The molecule has 2 aromatic carbocycles. The lowest BCUT2D eigenvalue weighted by Gasteiger charge is -2.07. The van der Waals surface area contributed by atoms with E-state index in [0.29, 0.717) is 11.4 Å². The van der Waals surface area contributed by atoms with Gasteiger partial charge in [0.1, 0.15) is 5.75 Å². The van der Waals surface area contributed by atoms with E-state index < -0.39 is 5.91 Å². The van der Waals surface area contributed by atoms with Crippen molar-refractivity contribution in [3.63, 3.8) is 0 Å². The van der Waals surface area contributed by atoms with Gasteiger partial charge in [-0.2, -0.15) is 0 Å².